The van der Waals surface area contributed by atoms with E-state index in [1.807, 2.05) is 0 Å². The SMILES string of the molecule is C[N+](C)(C)CCCCCCCCCCCCCCCCCCCNCCC[SiH3]. The van der Waals surface area contributed by atoms with E-state index < -0.39 is 0 Å². The van der Waals surface area contributed by atoms with Gasteiger partial charge in [0.05, 0.1) is 27.7 Å². The second-order valence-electron chi connectivity index (χ2n) is 10.1. The van der Waals surface area contributed by atoms with Crippen molar-refractivity contribution in [1.82, 2.24) is 5.32 Å². The fraction of sp³-hybridized carbons (Fsp3) is 1.00. The van der Waals surface area contributed by atoms with Crippen LogP contribution in [0.25, 0.3) is 0 Å². The lowest BCUT2D eigenvalue weighted by Crippen LogP contribution is -2.35. The van der Waals surface area contributed by atoms with Crippen LogP contribution < -0.4 is 5.32 Å². The highest BCUT2D eigenvalue weighted by atomic mass is 28.1. The maximum atomic E-state index is 3.57. The maximum Gasteiger partial charge on any atom is 0.0780 e. The monoisotopic (exact) mass is 413 g/mol. The molecular formula is C25H57N2Si+. The number of hydrogen-bond acceptors (Lipinski definition) is 1. The van der Waals surface area contributed by atoms with Crippen LogP contribution in [0.2, 0.25) is 6.04 Å². The summed E-state index contributed by atoms with van der Waals surface area (Å²) in [5, 5.41) is 3.57. The summed E-state index contributed by atoms with van der Waals surface area (Å²) >= 11 is 0. The van der Waals surface area contributed by atoms with Crippen LogP contribution in [0.15, 0.2) is 0 Å². The molecule has 0 saturated heterocycles. The molecule has 0 rings (SSSR count). The first-order valence-corrected chi connectivity index (χ1v) is 14.5. The van der Waals surface area contributed by atoms with Crippen molar-refractivity contribution >= 4 is 10.2 Å². The zero-order valence-corrected chi connectivity index (χ0v) is 22.5. The molecule has 2 nitrogen and oxygen atoms in total. The Labute approximate surface area is 182 Å². The second kappa shape index (κ2) is 21.8. The largest absolute Gasteiger partial charge is 0.331 e. The number of unbranched alkanes of at least 4 members (excludes halogenated alkanes) is 16. The highest BCUT2D eigenvalue weighted by molar-refractivity contribution is 6.08. The van der Waals surface area contributed by atoms with Crippen LogP contribution in [-0.2, 0) is 0 Å². The first kappa shape index (κ1) is 28.1. The van der Waals surface area contributed by atoms with Crippen LogP contribution in [0.5, 0.6) is 0 Å². The topological polar surface area (TPSA) is 12.0 Å². The zero-order valence-electron chi connectivity index (χ0n) is 20.5. The van der Waals surface area contributed by atoms with Gasteiger partial charge in [0.25, 0.3) is 0 Å². The molecule has 0 aromatic rings. The highest BCUT2D eigenvalue weighted by Gasteiger charge is 2.04. The smallest absolute Gasteiger partial charge is 0.0780 e. The van der Waals surface area contributed by atoms with Gasteiger partial charge in [0, 0.05) is 10.2 Å². The van der Waals surface area contributed by atoms with E-state index in [1.165, 1.54) is 151 Å². The lowest BCUT2D eigenvalue weighted by Gasteiger charge is -2.23. The molecule has 0 unspecified atom stereocenters. The third-order valence-electron chi connectivity index (χ3n) is 5.89. The predicted molar refractivity (Wildman–Crippen MR) is 134 cm³/mol. The fourth-order valence-corrected chi connectivity index (χ4v) is 4.27. The quantitative estimate of drug-likeness (QED) is 0.121. The molecule has 0 spiro atoms. The Morgan fingerprint density at radius 3 is 1.14 bits per heavy atom. The fourth-order valence-electron chi connectivity index (χ4n) is 3.91. The molecule has 0 atom stereocenters. The molecule has 0 saturated carbocycles. The summed E-state index contributed by atoms with van der Waals surface area (Å²) < 4.78 is 1.12. The maximum absolute atomic E-state index is 3.57. The van der Waals surface area contributed by atoms with Gasteiger partial charge in [0.1, 0.15) is 0 Å². The van der Waals surface area contributed by atoms with Crippen molar-refractivity contribution in [2.75, 3.05) is 40.8 Å². The summed E-state index contributed by atoms with van der Waals surface area (Å²) in [7, 11) is 8.27. The minimum Gasteiger partial charge on any atom is -0.331 e. The van der Waals surface area contributed by atoms with Crippen LogP contribution in [-0.4, -0.2) is 55.5 Å². The van der Waals surface area contributed by atoms with Gasteiger partial charge in [-0.3, -0.25) is 0 Å². The van der Waals surface area contributed by atoms with Gasteiger partial charge in [-0.25, -0.2) is 0 Å². The molecule has 0 radical (unpaired) electrons. The van der Waals surface area contributed by atoms with Crippen molar-refractivity contribution in [3.8, 4) is 0 Å². The minimum atomic E-state index is 1.12. The third-order valence-corrected chi connectivity index (χ3v) is 6.60. The van der Waals surface area contributed by atoms with Crippen LogP contribution in [0, 0.1) is 0 Å². The Morgan fingerprint density at radius 1 is 0.464 bits per heavy atom. The third kappa shape index (κ3) is 26.1. The van der Waals surface area contributed by atoms with Gasteiger partial charge in [-0.05, 0) is 38.8 Å². The molecule has 1 N–H and O–H groups in total. The summed E-state index contributed by atoms with van der Waals surface area (Å²) in [5.74, 6) is 0. The number of quaternary nitrogens is 1. The molecule has 3 heteroatoms. The summed E-state index contributed by atoms with van der Waals surface area (Å²) in [4.78, 5) is 0. The van der Waals surface area contributed by atoms with Crippen molar-refractivity contribution in [1.29, 1.82) is 0 Å². The summed E-state index contributed by atoms with van der Waals surface area (Å²) in [6.45, 7) is 3.83. The molecule has 0 aromatic heterocycles. The summed E-state index contributed by atoms with van der Waals surface area (Å²) in [6.07, 6.45) is 26.2. The minimum absolute atomic E-state index is 1.12. The van der Waals surface area contributed by atoms with Crippen molar-refractivity contribution in [3.05, 3.63) is 0 Å². The van der Waals surface area contributed by atoms with Gasteiger partial charge in [0.2, 0.25) is 0 Å². The Kier molecular flexibility index (Phi) is 21.9. The number of hydrogen-bond donors (Lipinski definition) is 1. The van der Waals surface area contributed by atoms with Crippen LogP contribution in [0.3, 0.4) is 0 Å². The van der Waals surface area contributed by atoms with Crippen molar-refractivity contribution in [3.63, 3.8) is 0 Å². The molecule has 170 valence electrons. The van der Waals surface area contributed by atoms with Crippen LogP contribution in [0.1, 0.15) is 116 Å². The molecule has 28 heavy (non-hydrogen) atoms. The number of nitrogens with zero attached hydrogens (tertiary/aromatic N) is 1. The molecule has 0 aliphatic carbocycles. The van der Waals surface area contributed by atoms with Gasteiger partial charge < -0.3 is 9.80 Å². The molecule has 0 heterocycles. The van der Waals surface area contributed by atoms with Crippen molar-refractivity contribution in [2.45, 2.75) is 122 Å². The van der Waals surface area contributed by atoms with E-state index in [9.17, 15) is 0 Å². The first-order chi connectivity index (χ1) is 13.6. The molecular weight excluding hydrogens is 356 g/mol. The predicted octanol–water partition coefficient (Wildman–Crippen LogP) is 6.09. The molecule has 0 aliphatic heterocycles. The van der Waals surface area contributed by atoms with E-state index >= 15 is 0 Å². The number of rotatable bonds is 23. The van der Waals surface area contributed by atoms with E-state index in [0.29, 0.717) is 0 Å². The second-order valence-corrected chi connectivity index (χ2v) is 11.1. The Bertz CT molecular complexity index is 289. The highest BCUT2D eigenvalue weighted by Crippen LogP contribution is 2.14. The van der Waals surface area contributed by atoms with Gasteiger partial charge in [-0.2, -0.15) is 0 Å². The molecule has 0 amide bonds. The molecule has 0 fully saturated rings. The van der Waals surface area contributed by atoms with Crippen molar-refractivity contribution in [2.24, 2.45) is 0 Å². The average Bonchev–Trinajstić information content (AvgIpc) is 2.65. The van der Waals surface area contributed by atoms with Gasteiger partial charge in [-0.15, -0.1) is 0 Å². The van der Waals surface area contributed by atoms with Crippen molar-refractivity contribution < 1.29 is 4.48 Å². The summed E-state index contributed by atoms with van der Waals surface area (Å²) in [5.41, 5.74) is 0. The van der Waals surface area contributed by atoms with Gasteiger partial charge in [-0.1, -0.05) is 95.9 Å². The molecule has 0 aromatic carbocycles. The van der Waals surface area contributed by atoms with E-state index in [4.69, 9.17) is 0 Å². The van der Waals surface area contributed by atoms with Crippen LogP contribution >= 0.6 is 0 Å². The molecule has 0 aliphatic rings. The Hall–Kier alpha value is 0.137. The van der Waals surface area contributed by atoms with E-state index in [-0.39, 0.29) is 0 Å². The van der Waals surface area contributed by atoms with Crippen LogP contribution in [0.4, 0.5) is 0 Å². The Balaban J connectivity index is 3.01. The lowest BCUT2D eigenvalue weighted by atomic mass is 10.0. The standard InChI is InChI=1S/C25H57N2Si/c1-27(2,3)24-20-18-16-14-12-10-8-6-4-5-7-9-11-13-15-17-19-22-26-23-21-25-28/h26H,4-25H2,1-3,28H3/q+1. The van der Waals surface area contributed by atoms with E-state index in [0.717, 1.165) is 4.48 Å². The Morgan fingerprint density at radius 2 is 0.786 bits per heavy atom. The lowest BCUT2D eigenvalue weighted by molar-refractivity contribution is -0.870. The normalized spacial score (nSPS) is 12.1. The van der Waals surface area contributed by atoms with E-state index in [1.54, 1.807) is 0 Å². The van der Waals surface area contributed by atoms with Gasteiger partial charge >= 0.3 is 0 Å². The first-order valence-electron chi connectivity index (χ1n) is 13.1. The average molecular weight is 414 g/mol. The zero-order chi connectivity index (χ0) is 20.8. The van der Waals surface area contributed by atoms with E-state index in [2.05, 4.69) is 26.5 Å². The van der Waals surface area contributed by atoms with Gasteiger partial charge in [0.15, 0.2) is 0 Å². The summed E-state index contributed by atoms with van der Waals surface area (Å²) in [6, 6.07) is 1.45. The number of nitrogens with one attached hydrogen (secondary N) is 1. The molecule has 0 bridgehead atoms.